The number of carboxylic acids is 2. The second-order valence-corrected chi connectivity index (χ2v) is 11.9. The summed E-state index contributed by atoms with van der Waals surface area (Å²) in [5.41, 5.74) is 14.5. The summed E-state index contributed by atoms with van der Waals surface area (Å²) in [5.74, 6) is -2.57. The summed E-state index contributed by atoms with van der Waals surface area (Å²) in [4.78, 5) is 47.0. The van der Waals surface area contributed by atoms with Crippen molar-refractivity contribution in [1.82, 2.24) is 10.5 Å². The number of hydrogen-bond donors (Lipinski definition) is 8. The molecule has 0 aliphatic rings. The zero-order chi connectivity index (χ0) is 36.9. The van der Waals surface area contributed by atoms with Gasteiger partial charge in [-0.2, -0.15) is 0 Å². The average molecular weight is 694 g/mol. The van der Waals surface area contributed by atoms with Gasteiger partial charge in [0.1, 0.15) is 11.5 Å². The van der Waals surface area contributed by atoms with Crippen LogP contribution in [0, 0.1) is 0 Å². The highest BCUT2D eigenvalue weighted by Gasteiger charge is 2.30. The molecule has 0 saturated carbocycles. The Kier molecular flexibility index (Phi) is 13.9. The van der Waals surface area contributed by atoms with Gasteiger partial charge < -0.3 is 47.1 Å². The van der Waals surface area contributed by atoms with Crippen LogP contribution in [0.4, 0.5) is 0 Å². The lowest BCUT2D eigenvalue weighted by Gasteiger charge is -2.23. The number of ether oxygens (including phenoxy) is 1. The zero-order valence-electron chi connectivity index (χ0n) is 27.8. The molecule has 4 aromatic carbocycles. The molecule has 10 N–H and O–H groups in total. The molecule has 4 rings (SSSR count). The van der Waals surface area contributed by atoms with Crippen molar-refractivity contribution in [3.8, 4) is 11.5 Å². The summed E-state index contributed by atoms with van der Waals surface area (Å²) in [6.45, 7) is -1.84. The minimum atomic E-state index is -1.15. The number of carbonyl (C=O) groups excluding carboxylic acids is 2. The fraction of sp³-hybridized carbons (Fsp3) is 0.222. The number of hydrogen-bond acceptors (Lipinski definition) is 9. The molecule has 13 nitrogen and oxygen atoms in total. The van der Waals surface area contributed by atoms with Crippen molar-refractivity contribution in [3.63, 3.8) is 0 Å². The Morgan fingerprint density at radius 1 is 0.588 bits per heavy atom. The quantitative estimate of drug-likeness (QED) is 0.0539. The number of nitrogens with two attached hydrogens (primary N) is 2. The van der Waals surface area contributed by atoms with E-state index in [-0.39, 0.29) is 38.9 Å². The van der Waals surface area contributed by atoms with Crippen molar-refractivity contribution in [2.45, 2.75) is 51.0 Å². The molecule has 0 spiro atoms. The van der Waals surface area contributed by atoms with E-state index in [0.29, 0.717) is 44.5 Å². The maximum atomic E-state index is 12.1. The Labute approximate surface area is 295 Å². The molecule has 2 amide bonds. The van der Waals surface area contributed by atoms with E-state index in [4.69, 9.17) is 16.2 Å². The van der Waals surface area contributed by atoms with Crippen LogP contribution in [0.15, 0.2) is 97.1 Å². The number of carboxylic acid groups (broad SMARTS) is 2. The number of nitrogens with one attached hydrogen (secondary N) is 2. The van der Waals surface area contributed by atoms with Crippen LogP contribution in [0.2, 0.25) is 0 Å². The highest BCUT2D eigenvalue weighted by Crippen LogP contribution is 2.20. The molecule has 4 aromatic rings. The van der Waals surface area contributed by atoms with Crippen molar-refractivity contribution in [2.24, 2.45) is 11.5 Å². The van der Waals surface area contributed by atoms with Crippen LogP contribution in [0.3, 0.4) is 0 Å². The number of aliphatic hydroxyl groups excluding tert-OH is 2. The summed E-state index contributed by atoms with van der Waals surface area (Å²) in [6.07, 6.45) is -0.286. The van der Waals surface area contributed by atoms with Crippen LogP contribution in [0.5, 0.6) is 11.5 Å². The van der Waals surface area contributed by atoms with Crippen LogP contribution >= 0.6 is 0 Å². The van der Waals surface area contributed by atoms with Crippen LogP contribution < -0.4 is 48.5 Å². The second-order valence-electron chi connectivity index (χ2n) is 11.9. The van der Waals surface area contributed by atoms with Gasteiger partial charge >= 0.3 is 11.9 Å². The smallest absolute Gasteiger partial charge is 0.319 e. The van der Waals surface area contributed by atoms with E-state index in [0.717, 1.165) is 0 Å². The summed E-state index contributed by atoms with van der Waals surface area (Å²) in [6, 6.07) is 26.0. The van der Waals surface area contributed by atoms with Gasteiger partial charge in [0.2, 0.25) is 11.8 Å². The molecule has 0 radical (unpaired) electrons. The summed E-state index contributed by atoms with van der Waals surface area (Å²) < 4.78 is 6.11. The maximum Gasteiger partial charge on any atom is 0.319 e. The van der Waals surface area contributed by atoms with Crippen molar-refractivity contribution in [2.75, 3.05) is 0 Å². The molecule has 0 saturated heterocycles. The van der Waals surface area contributed by atoms with E-state index in [1.165, 1.54) is 0 Å². The monoisotopic (exact) mass is 694 g/mol. The largest absolute Gasteiger partial charge is 0.480 e. The van der Waals surface area contributed by atoms with E-state index in [9.17, 15) is 39.6 Å². The van der Waals surface area contributed by atoms with Crippen molar-refractivity contribution in [3.05, 3.63) is 108 Å². The van der Waals surface area contributed by atoms with E-state index in [2.05, 4.69) is 10.5 Å². The zero-order valence-corrected chi connectivity index (χ0v) is 27.8. The normalized spacial score (nSPS) is 12.0. The Balaban J connectivity index is 1.59. The number of benzene rings is 4. The Bertz CT molecular complexity index is 1680. The SMILES string of the molecule is NC(=O)CC[C@H](NB(c1ccc(Oc2ccc(B(N[C@@H](CCC(N)=O)C(=O)O)c3ccccc3CO)cc2)cc1)c1ccccc1CO)C(=O)O. The molecular weight excluding hydrogens is 654 g/mol. The van der Waals surface area contributed by atoms with Gasteiger partial charge in [-0.05, 0) is 48.2 Å². The Morgan fingerprint density at radius 2 is 0.941 bits per heavy atom. The highest BCUT2D eigenvalue weighted by molar-refractivity contribution is 6.84. The third kappa shape index (κ3) is 10.8. The van der Waals surface area contributed by atoms with E-state index in [1.807, 2.05) is 0 Å². The van der Waals surface area contributed by atoms with Crippen molar-refractivity contribution < 1.29 is 44.3 Å². The van der Waals surface area contributed by atoms with Gasteiger partial charge in [0.25, 0.3) is 13.7 Å². The maximum absolute atomic E-state index is 12.1. The molecule has 2 atom stereocenters. The molecule has 0 aliphatic heterocycles. The summed E-state index contributed by atoms with van der Waals surface area (Å²) in [5, 5.41) is 46.0. The van der Waals surface area contributed by atoms with E-state index in [1.54, 1.807) is 97.1 Å². The molecule has 15 heteroatoms. The lowest BCUT2D eigenvalue weighted by atomic mass is 9.49. The van der Waals surface area contributed by atoms with Gasteiger partial charge in [-0.15, -0.1) is 0 Å². The average Bonchev–Trinajstić information content (AvgIpc) is 3.12. The molecule has 0 aliphatic carbocycles. The third-order valence-corrected chi connectivity index (χ3v) is 8.43. The Morgan fingerprint density at radius 3 is 1.25 bits per heavy atom. The first kappa shape index (κ1) is 38.3. The highest BCUT2D eigenvalue weighted by atomic mass is 16.5. The molecule has 51 heavy (non-hydrogen) atoms. The van der Waals surface area contributed by atoms with Gasteiger partial charge in [-0.25, -0.2) is 0 Å². The molecule has 0 aromatic heterocycles. The summed E-state index contributed by atoms with van der Waals surface area (Å²) in [7, 11) is 0. The first-order chi connectivity index (χ1) is 24.5. The van der Waals surface area contributed by atoms with E-state index < -0.39 is 49.5 Å². The lowest BCUT2D eigenvalue weighted by Crippen LogP contribution is -2.60. The van der Waals surface area contributed by atoms with Gasteiger partial charge in [-0.3, -0.25) is 19.2 Å². The number of primary amides is 2. The van der Waals surface area contributed by atoms with Gasteiger partial charge in [-0.1, -0.05) is 94.6 Å². The van der Waals surface area contributed by atoms with Crippen molar-refractivity contribution >= 4 is 59.3 Å². The van der Waals surface area contributed by atoms with Crippen LogP contribution in [-0.2, 0) is 32.4 Å². The molecule has 264 valence electrons. The molecule has 0 heterocycles. The number of aliphatic hydroxyl groups is 2. The Hall–Kier alpha value is -5.47. The number of carbonyl (C=O) groups is 4. The van der Waals surface area contributed by atoms with Crippen LogP contribution in [0.1, 0.15) is 36.8 Å². The predicted octanol–water partition coefficient (Wildman–Crippen LogP) is -0.708. The predicted molar refractivity (Wildman–Crippen MR) is 194 cm³/mol. The minimum absolute atomic E-state index is 0.0219. The standard InChI is InChI=1S/C36H40B2N4O9/c39-33(45)19-17-31(35(47)48)41-37(29-7-3-1-5-23(29)21-43)25-9-13-27(14-10-25)51-28-15-11-26(12-16-28)38(30-8-4-2-6-24(30)22-44)42-32(36(49)50)18-20-34(40)46/h1-16,31-32,41-44H,17-22H2,(H2,39,45)(H2,40,46)(H,47,48)(H,49,50)/t31-,32-/m0/s1. The molecular formula is C36H40B2N4O9. The first-order valence-electron chi connectivity index (χ1n) is 16.3. The van der Waals surface area contributed by atoms with Gasteiger partial charge in [0.05, 0.1) is 25.3 Å². The fourth-order valence-corrected chi connectivity index (χ4v) is 5.78. The second kappa shape index (κ2) is 18.5. The minimum Gasteiger partial charge on any atom is -0.480 e. The molecule has 0 fully saturated rings. The van der Waals surface area contributed by atoms with Gasteiger partial charge in [0.15, 0.2) is 0 Å². The topological polar surface area (TPSA) is 235 Å². The molecule has 0 bridgehead atoms. The first-order valence-corrected chi connectivity index (χ1v) is 16.3. The lowest BCUT2D eigenvalue weighted by molar-refractivity contribution is -0.140. The number of rotatable bonds is 20. The third-order valence-electron chi connectivity index (χ3n) is 8.43. The number of amides is 2. The van der Waals surface area contributed by atoms with Crippen molar-refractivity contribution in [1.29, 1.82) is 0 Å². The van der Waals surface area contributed by atoms with E-state index >= 15 is 0 Å². The van der Waals surface area contributed by atoms with Crippen LogP contribution in [0.25, 0.3) is 0 Å². The number of aliphatic carboxylic acids is 2. The fourth-order valence-electron chi connectivity index (χ4n) is 5.78. The summed E-state index contributed by atoms with van der Waals surface area (Å²) >= 11 is 0. The van der Waals surface area contributed by atoms with Gasteiger partial charge in [0, 0.05) is 12.8 Å². The van der Waals surface area contributed by atoms with Crippen LogP contribution in [-0.4, -0.2) is 70.0 Å². The molecule has 0 unspecified atom stereocenters.